The Morgan fingerprint density at radius 1 is 0.892 bits per heavy atom. The number of carbonyl (C=O) groups is 1. The van der Waals surface area contributed by atoms with Gasteiger partial charge in [0.1, 0.15) is 24.4 Å². The molecule has 37 heavy (non-hydrogen) atoms. The van der Waals surface area contributed by atoms with E-state index in [4.69, 9.17) is 14.0 Å². The SMILES string of the molecule is CCCCCCCC/C=C\CCCCCCCCO[C@H]1O[C@H](COS(=O)(=O)O)[C@@H](O)[C@H](O)[C@@H]1NC(C)=O. The Kier molecular flexibility index (Phi) is 18.3. The molecule has 0 aromatic rings. The molecule has 1 aliphatic heterocycles. The van der Waals surface area contributed by atoms with E-state index in [0.717, 1.165) is 32.1 Å². The molecule has 10 nitrogen and oxygen atoms in total. The summed E-state index contributed by atoms with van der Waals surface area (Å²) in [7, 11) is -4.75. The zero-order chi connectivity index (χ0) is 27.5. The molecule has 1 heterocycles. The van der Waals surface area contributed by atoms with Crippen LogP contribution in [0.5, 0.6) is 0 Å². The first kappa shape index (κ1) is 33.9. The van der Waals surface area contributed by atoms with Gasteiger partial charge in [0.05, 0.1) is 6.61 Å². The summed E-state index contributed by atoms with van der Waals surface area (Å²) in [6.45, 7) is 3.09. The Morgan fingerprint density at radius 2 is 1.43 bits per heavy atom. The third-order valence-corrected chi connectivity index (χ3v) is 6.82. The van der Waals surface area contributed by atoms with Crippen LogP contribution in [0.25, 0.3) is 0 Å². The molecule has 4 N–H and O–H groups in total. The number of unbranched alkanes of at least 4 members (excludes halogenated alkanes) is 12. The van der Waals surface area contributed by atoms with Crippen molar-refractivity contribution in [2.24, 2.45) is 0 Å². The fraction of sp³-hybridized carbons (Fsp3) is 0.885. The van der Waals surface area contributed by atoms with E-state index in [0.29, 0.717) is 6.61 Å². The van der Waals surface area contributed by atoms with Crippen LogP contribution in [0.4, 0.5) is 0 Å². The molecule has 0 bridgehead atoms. The molecule has 0 aromatic heterocycles. The van der Waals surface area contributed by atoms with Gasteiger partial charge in [-0.05, 0) is 32.1 Å². The number of aliphatic hydroxyl groups excluding tert-OH is 2. The highest BCUT2D eigenvalue weighted by atomic mass is 32.3. The Morgan fingerprint density at radius 3 is 1.97 bits per heavy atom. The van der Waals surface area contributed by atoms with E-state index in [1.165, 1.54) is 64.7 Å². The van der Waals surface area contributed by atoms with Crippen LogP contribution in [0.1, 0.15) is 104 Å². The van der Waals surface area contributed by atoms with Gasteiger partial charge in [0.25, 0.3) is 0 Å². The van der Waals surface area contributed by atoms with E-state index in [1.807, 2.05) is 0 Å². The van der Waals surface area contributed by atoms with Gasteiger partial charge >= 0.3 is 10.4 Å². The third kappa shape index (κ3) is 16.5. The number of ether oxygens (including phenoxy) is 2. The van der Waals surface area contributed by atoms with Gasteiger partial charge in [0.2, 0.25) is 5.91 Å². The average Bonchev–Trinajstić information content (AvgIpc) is 2.83. The highest BCUT2D eigenvalue weighted by molar-refractivity contribution is 7.80. The Labute approximate surface area is 223 Å². The molecular formula is C26H49NO9S. The van der Waals surface area contributed by atoms with Crippen molar-refractivity contribution in [1.29, 1.82) is 0 Å². The smallest absolute Gasteiger partial charge is 0.388 e. The summed E-state index contributed by atoms with van der Waals surface area (Å²) in [5, 5.41) is 23.1. The molecular weight excluding hydrogens is 502 g/mol. The van der Waals surface area contributed by atoms with Crippen molar-refractivity contribution < 1.29 is 41.6 Å². The van der Waals surface area contributed by atoms with Crippen molar-refractivity contribution in [3.05, 3.63) is 12.2 Å². The predicted octanol–water partition coefficient (Wildman–Crippen LogP) is 3.81. The normalized spacial score (nSPS) is 24.5. The summed E-state index contributed by atoms with van der Waals surface area (Å²) >= 11 is 0. The van der Waals surface area contributed by atoms with Crippen molar-refractivity contribution in [1.82, 2.24) is 5.32 Å². The summed E-state index contributed by atoms with van der Waals surface area (Å²) in [6, 6.07) is -1.04. The largest absolute Gasteiger partial charge is 0.397 e. The second kappa shape index (κ2) is 19.9. The Bertz CT molecular complexity index is 732. The van der Waals surface area contributed by atoms with Crippen LogP contribution in [0.2, 0.25) is 0 Å². The summed E-state index contributed by atoms with van der Waals surface area (Å²) < 4.78 is 46.0. The maximum absolute atomic E-state index is 11.5. The highest BCUT2D eigenvalue weighted by Gasteiger charge is 2.46. The molecule has 1 rings (SSSR count). The number of amides is 1. The van der Waals surface area contributed by atoms with E-state index < -0.39 is 53.6 Å². The summed E-state index contributed by atoms with van der Waals surface area (Å²) in [5.74, 6) is -0.446. The molecule has 0 unspecified atom stereocenters. The molecule has 1 amide bonds. The van der Waals surface area contributed by atoms with Crippen LogP contribution in [-0.2, 0) is 28.9 Å². The van der Waals surface area contributed by atoms with Crippen molar-refractivity contribution in [2.45, 2.75) is 134 Å². The van der Waals surface area contributed by atoms with E-state index in [9.17, 15) is 23.4 Å². The van der Waals surface area contributed by atoms with Gasteiger partial charge in [-0.1, -0.05) is 76.9 Å². The highest BCUT2D eigenvalue weighted by Crippen LogP contribution is 2.23. The molecule has 0 aromatic carbocycles. The van der Waals surface area contributed by atoms with Gasteiger partial charge in [-0.2, -0.15) is 8.42 Å². The lowest BCUT2D eigenvalue weighted by molar-refractivity contribution is -0.269. The minimum atomic E-state index is -4.75. The molecule has 0 aliphatic carbocycles. The van der Waals surface area contributed by atoms with Gasteiger partial charge in [-0.25, -0.2) is 4.18 Å². The lowest BCUT2D eigenvalue weighted by Crippen LogP contribution is -2.64. The summed E-state index contributed by atoms with van der Waals surface area (Å²) in [6.07, 6.45) is 15.8. The van der Waals surface area contributed by atoms with Crippen LogP contribution in [0.3, 0.4) is 0 Å². The molecule has 0 spiro atoms. The van der Waals surface area contributed by atoms with Crippen molar-refractivity contribution in [2.75, 3.05) is 13.2 Å². The van der Waals surface area contributed by atoms with Crippen LogP contribution in [0, 0.1) is 0 Å². The zero-order valence-electron chi connectivity index (χ0n) is 22.6. The molecule has 218 valence electrons. The molecule has 0 saturated carbocycles. The number of hydrogen-bond acceptors (Lipinski definition) is 8. The van der Waals surface area contributed by atoms with Crippen molar-refractivity contribution in [3.63, 3.8) is 0 Å². The van der Waals surface area contributed by atoms with Gasteiger partial charge in [-0.3, -0.25) is 9.35 Å². The summed E-state index contributed by atoms with van der Waals surface area (Å²) in [5.41, 5.74) is 0. The molecule has 11 heteroatoms. The first-order valence-electron chi connectivity index (χ1n) is 13.8. The second-order valence-corrected chi connectivity index (χ2v) is 10.9. The Hall–Kier alpha value is -1.08. The molecule has 0 radical (unpaired) electrons. The second-order valence-electron chi connectivity index (χ2n) is 9.77. The van der Waals surface area contributed by atoms with Crippen LogP contribution in [0.15, 0.2) is 12.2 Å². The number of aliphatic hydroxyl groups is 2. The molecule has 1 aliphatic rings. The third-order valence-electron chi connectivity index (χ3n) is 6.39. The van der Waals surface area contributed by atoms with E-state index >= 15 is 0 Å². The van der Waals surface area contributed by atoms with Gasteiger partial charge in [-0.15, -0.1) is 0 Å². The fourth-order valence-corrected chi connectivity index (χ4v) is 4.61. The lowest BCUT2D eigenvalue weighted by atomic mass is 9.97. The maximum atomic E-state index is 11.5. The number of hydrogen-bond donors (Lipinski definition) is 4. The number of rotatable bonds is 21. The standard InChI is InChI=1S/C26H49NO9S/c1-3-4-5-6-7-8-9-10-11-12-13-14-15-16-17-18-19-34-26-23(27-21(2)28)25(30)24(29)22(36-26)20-35-37(31,32)33/h10-11,22-26,29-30H,3-9,12-20H2,1-2H3,(H,27,28)(H,31,32,33)/b11-10-/t22-,23+,24-,25-,26+/m1/s1. The van der Waals surface area contributed by atoms with E-state index in [1.54, 1.807) is 0 Å². The first-order valence-corrected chi connectivity index (χ1v) is 15.2. The summed E-state index contributed by atoms with van der Waals surface area (Å²) in [4.78, 5) is 11.5. The van der Waals surface area contributed by atoms with Crippen LogP contribution in [-0.4, -0.2) is 72.9 Å². The van der Waals surface area contributed by atoms with E-state index in [2.05, 4.69) is 28.6 Å². The van der Waals surface area contributed by atoms with Crippen molar-refractivity contribution in [3.8, 4) is 0 Å². The van der Waals surface area contributed by atoms with E-state index in [-0.39, 0.29) is 0 Å². The number of carbonyl (C=O) groups excluding carboxylic acids is 1. The van der Waals surface area contributed by atoms with Crippen molar-refractivity contribution >= 4 is 16.3 Å². The molecule has 5 atom stereocenters. The van der Waals surface area contributed by atoms with Gasteiger partial charge < -0.3 is 25.0 Å². The number of nitrogens with one attached hydrogen (secondary N) is 1. The predicted molar refractivity (Wildman–Crippen MR) is 141 cm³/mol. The monoisotopic (exact) mass is 551 g/mol. The quantitative estimate of drug-likeness (QED) is 0.0948. The molecule has 1 saturated heterocycles. The fourth-order valence-electron chi connectivity index (χ4n) is 4.30. The zero-order valence-corrected chi connectivity index (χ0v) is 23.4. The first-order chi connectivity index (χ1) is 17.7. The van der Waals surface area contributed by atoms with Gasteiger partial charge in [0.15, 0.2) is 6.29 Å². The lowest BCUT2D eigenvalue weighted by Gasteiger charge is -2.42. The van der Waals surface area contributed by atoms with Crippen LogP contribution >= 0.6 is 0 Å². The maximum Gasteiger partial charge on any atom is 0.397 e. The Balaban J connectivity index is 2.21. The topological polar surface area (TPSA) is 152 Å². The minimum absolute atomic E-state index is 0.302. The minimum Gasteiger partial charge on any atom is -0.388 e. The average molecular weight is 552 g/mol. The van der Waals surface area contributed by atoms with Gasteiger partial charge in [0, 0.05) is 13.5 Å². The van der Waals surface area contributed by atoms with Crippen LogP contribution < -0.4 is 5.32 Å². The molecule has 1 fully saturated rings. The number of allylic oxidation sites excluding steroid dienone is 2.